The average molecular weight is 273 g/mol. The molecule has 1 unspecified atom stereocenters. The van der Waals surface area contributed by atoms with Gasteiger partial charge in [0.25, 0.3) is 0 Å². The van der Waals surface area contributed by atoms with Crippen LogP contribution in [0.15, 0.2) is 34.7 Å². The summed E-state index contributed by atoms with van der Waals surface area (Å²) in [4.78, 5) is 0. The maximum absolute atomic E-state index is 5.80. The van der Waals surface area contributed by atoms with E-state index < -0.39 is 0 Å². The molecule has 3 aromatic rings. The van der Waals surface area contributed by atoms with E-state index in [0.717, 1.165) is 33.2 Å². The molecule has 3 rings (SSSR count). The molecule has 0 aliphatic carbocycles. The minimum Gasteiger partial charge on any atom is -0.453 e. The summed E-state index contributed by atoms with van der Waals surface area (Å²) in [5.74, 6) is 0.788. The summed E-state index contributed by atoms with van der Waals surface area (Å²) in [5.41, 5.74) is 0.884. The van der Waals surface area contributed by atoms with E-state index >= 15 is 0 Å². The first-order chi connectivity index (χ1) is 9.31. The predicted octanol–water partition coefficient (Wildman–Crippen LogP) is 3.62. The number of benzene rings is 1. The Labute approximate surface area is 115 Å². The van der Waals surface area contributed by atoms with Crippen LogP contribution in [0.25, 0.3) is 21.7 Å². The van der Waals surface area contributed by atoms with Crippen LogP contribution in [0, 0.1) is 0 Å². The zero-order chi connectivity index (χ0) is 13.2. The normalized spacial score (nSPS) is 12.9. The molecule has 0 saturated heterocycles. The van der Waals surface area contributed by atoms with Gasteiger partial charge in [-0.1, -0.05) is 36.5 Å². The quantitative estimate of drug-likeness (QED) is 0.788. The molecule has 1 N–H and O–H groups in total. The third-order valence-corrected chi connectivity index (χ3v) is 4.18. The van der Waals surface area contributed by atoms with E-state index in [1.807, 2.05) is 37.4 Å². The van der Waals surface area contributed by atoms with Crippen molar-refractivity contribution in [2.45, 2.75) is 19.4 Å². The minimum absolute atomic E-state index is 0.260. The molecule has 0 spiro atoms. The van der Waals surface area contributed by atoms with Gasteiger partial charge < -0.3 is 9.73 Å². The lowest BCUT2D eigenvalue weighted by atomic mass is 10.2. The largest absolute Gasteiger partial charge is 0.453 e. The van der Waals surface area contributed by atoms with E-state index in [0.29, 0.717) is 0 Å². The van der Waals surface area contributed by atoms with Crippen LogP contribution in [-0.4, -0.2) is 17.2 Å². The SMILES string of the molecule is CCC(NC)c1nnc(-c2cc3ccccc3o2)s1. The van der Waals surface area contributed by atoms with Crippen LogP contribution in [0.4, 0.5) is 0 Å². The van der Waals surface area contributed by atoms with E-state index in [9.17, 15) is 0 Å². The fourth-order valence-corrected chi connectivity index (χ4v) is 3.05. The van der Waals surface area contributed by atoms with Crippen LogP contribution >= 0.6 is 11.3 Å². The van der Waals surface area contributed by atoms with Crippen LogP contribution in [-0.2, 0) is 0 Å². The number of aromatic nitrogens is 2. The molecule has 19 heavy (non-hydrogen) atoms. The molecule has 0 bridgehead atoms. The molecule has 5 heteroatoms. The lowest BCUT2D eigenvalue weighted by Gasteiger charge is -2.07. The van der Waals surface area contributed by atoms with Gasteiger partial charge in [0, 0.05) is 5.39 Å². The molecule has 4 nitrogen and oxygen atoms in total. The highest BCUT2D eigenvalue weighted by Crippen LogP contribution is 2.31. The zero-order valence-corrected chi connectivity index (χ0v) is 11.7. The Balaban J connectivity index is 1.97. The molecule has 1 aromatic carbocycles. The molecule has 1 atom stereocenters. The first kappa shape index (κ1) is 12.3. The summed E-state index contributed by atoms with van der Waals surface area (Å²) in [6.07, 6.45) is 0.991. The molecule has 0 saturated carbocycles. The monoisotopic (exact) mass is 273 g/mol. The van der Waals surface area contributed by atoms with Gasteiger partial charge in [0.05, 0.1) is 6.04 Å². The molecule has 2 aromatic heterocycles. The molecule has 2 heterocycles. The molecular weight excluding hydrogens is 258 g/mol. The van der Waals surface area contributed by atoms with Crippen molar-refractivity contribution in [1.29, 1.82) is 0 Å². The number of rotatable bonds is 4. The molecule has 98 valence electrons. The lowest BCUT2D eigenvalue weighted by Crippen LogP contribution is -2.14. The summed E-state index contributed by atoms with van der Waals surface area (Å²) in [7, 11) is 1.94. The molecule has 0 aliphatic heterocycles. The molecule has 0 radical (unpaired) electrons. The Morgan fingerprint density at radius 3 is 2.89 bits per heavy atom. The van der Waals surface area contributed by atoms with Gasteiger partial charge >= 0.3 is 0 Å². The van der Waals surface area contributed by atoms with Crippen molar-refractivity contribution in [2.24, 2.45) is 0 Å². The van der Waals surface area contributed by atoms with Gasteiger partial charge in [-0.25, -0.2) is 0 Å². The van der Waals surface area contributed by atoms with E-state index in [2.05, 4.69) is 22.4 Å². The fraction of sp³-hybridized carbons (Fsp3) is 0.286. The standard InChI is InChI=1S/C14H15N3OS/c1-3-10(15-2)13-16-17-14(19-13)12-8-9-6-4-5-7-11(9)18-12/h4-8,10,15H,3H2,1-2H3. The summed E-state index contributed by atoms with van der Waals surface area (Å²) >= 11 is 1.58. The number of nitrogens with zero attached hydrogens (tertiary/aromatic N) is 2. The number of hydrogen-bond donors (Lipinski definition) is 1. The fourth-order valence-electron chi connectivity index (χ4n) is 2.06. The number of para-hydroxylation sites is 1. The highest BCUT2D eigenvalue weighted by atomic mass is 32.1. The van der Waals surface area contributed by atoms with Crippen molar-refractivity contribution in [2.75, 3.05) is 7.05 Å². The summed E-state index contributed by atoms with van der Waals surface area (Å²) < 4.78 is 5.80. The topological polar surface area (TPSA) is 51.0 Å². The van der Waals surface area contributed by atoms with Gasteiger partial charge in [0.1, 0.15) is 10.6 Å². The van der Waals surface area contributed by atoms with E-state index in [1.165, 1.54) is 0 Å². The minimum atomic E-state index is 0.260. The highest BCUT2D eigenvalue weighted by molar-refractivity contribution is 7.14. The summed E-state index contributed by atoms with van der Waals surface area (Å²) in [6, 6.07) is 10.2. The smallest absolute Gasteiger partial charge is 0.183 e. The van der Waals surface area contributed by atoms with Crippen molar-refractivity contribution in [3.05, 3.63) is 35.3 Å². The second kappa shape index (κ2) is 5.11. The van der Waals surface area contributed by atoms with Gasteiger partial charge in [-0.15, -0.1) is 10.2 Å². The average Bonchev–Trinajstić information content (AvgIpc) is 3.06. The molecule has 0 fully saturated rings. The van der Waals surface area contributed by atoms with Crippen LogP contribution in [0.3, 0.4) is 0 Å². The number of fused-ring (bicyclic) bond motifs is 1. The third kappa shape index (κ3) is 2.27. The van der Waals surface area contributed by atoms with E-state index in [-0.39, 0.29) is 6.04 Å². The summed E-state index contributed by atoms with van der Waals surface area (Å²) in [5, 5.41) is 14.6. The van der Waals surface area contributed by atoms with Crippen LogP contribution in [0.5, 0.6) is 0 Å². The Morgan fingerprint density at radius 1 is 1.32 bits per heavy atom. The predicted molar refractivity (Wildman–Crippen MR) is 77.2 cm³/mol. The Kier molecular flexibility index (Phi) is 3.31. The Bertz CT molecular complexity index is 652. The van der Waals surface area contributed by atoms with Crippen LogP contribution in [0.1, 0.15) is 24.4 Å². The first-order valence-corrected chi connectivity index (χ1v) is 7.13. The lowest BCUT2D eigenvalue weighted by molar-refractivity contribution is 0.568. The summed E-state index contributed by atoms with van der Waals surface area (Å²) in [6.45, 7) is 2.13. The Morgan fingerprint density at radius 2 is 2.16 bits per heavy atom. The van der Waals surface area contributed by atoms with Gasteiger partial charge in [0.15, 0.2) is 10.8 Å². The van der Waals surface area contributed by atoms with Crippen molar-refractivity contribution in [1.82, 2.24) is 15.5 Å². The zero-order valence-electron chi connectivity index (χ0n) is 10.9. The van der Waals surface area contributed by atoms with Crippen molar-refractivity contribution >= 4 is 22.3 Å². The highest BCUT2D eigenvalue weighted by Gasteiger charge is 2.16. The van der Waals surface area contributed by atoms with Crippen LogP contribution < -0.4 is 5.32 Å². The van der Waals surface area contributed by atoms with Crippen molar-refractivity contribution in [3.8, 4) is 10.8 Å². The van der Waals surface area contributed by atoms with Gasteiger partial charge in [0.2, 0.25) is 0 Å². The van der Waals surface area contributed by atoms with Gasteiger partial charge in [-0.2, -0.15) is 0 Å². The second-order valence-corrected chi connectivity index (χ2v) is 5.35. The Hall–Kier alpha value is -1.72. The van der Waals surface area contributed by atoms with Crippen molar-refractivity contribution < 1.29 is 4.42 Å². The maximum atomic E-state index is 5.80. The molecular formula is C14H15N3OS. The first-order valence-electron chi connectivity index (χ1n) is 6.31. The van der Waals surface area contributed by atoms with Crippen LogP contribution in [0.2, 0.25) is 0 Å². The number of nitrogens with one attached hydrogen (secondary N) is 1. The van der Waals surface area contributed by atoms with Gasteiger partial charge in [-0.3, -0.25) is 0 Å². The van der Waals surface area contributed by atoms with E-state index in [4.69, 9.17) is 4.42 Å². The maximum Gasteiger partial charge on any atom is 0.183 e. The second-order valence-electron chi connectivity index (χ2n) is 4.34. The number of hydrogen-bond acceptors (Lipinski definition) is 5. The molecule has 0 amide bonds. The third-order valence-electron chi connectivity index (χ3n) is 3.13. The van der Waals surface area contributed by atoms with Gasteiger partial charge in [-0.05, 0) is 25.6 Å². The van der Waals surface area contributed by atoms with Crippen molar-refractivity contribution in [3.63, 3.8) is 0 Å². The number of furan rings is 1. The molecule has 0 aliphatic rings. The van der Waals surface area contributed by atoms with E-state index in [1.54, 1.807) is 11.3 Å².